The fourth-order valence-corrected chi connectivity index (χ4v) is 2.46. The molecule has 1 N–H and O–H groups in total. The lowest BCUT2D eigenvalue weighted by atomic mass is 9.97. The van der Waals surface area contributed by atoms with E-state index in [1.807, 2.05) is 38.2 Å². The summed E-state index contributed by atoms with van der Waals surface area (Å²) in [6, 6.07) is 12.7. The van der Waals surface area contributed by atoms with Crippen molar-refractivity contribution in [3.8, 4) is 0 Å². The van der Waals surface area contributed by atoms with Crippen molar-refractivity contribution in [1.82, 2.24) is 5.32 Å². The summed E-state index contributed by atoms with van der Waals surface area (Å²) in [7, 11) is 1.89. The van der Waals surface area contributed by atoms with Crippen LogP contribution in [0.2, 0.25) is 5.02 Å². The summed E-state index contributed by atoms with van der Waals surface area (Å²) in [6.45, 7) is 1.99. The lowest BCUT2D eigenvalue weighted by Crippen LogP contribution is -2.19. The average Bonchev–Trinajstić information content (AvgIpc) is 2.40. The van der Waals surface area contributed by atoms with Crippen LogP contribution >= 0.6 is 11.6 Å². The van der Waals surface area contributed by atoms with Gasteiger partial charge >= 0.3 is 0 Å². The van der Waals surface area contributed by atoms with Crippen LogP contribution in [0, 0.1) is 12.7 Å². The molecule has 0 aromatic heterocycles. The van der Waals surface area contributed by atoms with Gasteiger partial charge in [-0.05, 0) is 49.2 Å². The largest absolute Gasteiger partial charge is 0.313 e. The molecule has 0 saturated heterocycles. The van der Waals surface area contributed by atoms with Gasteiger partial charge in [-0.25, -0.2) is 4.39 Å². The van der Waals surface area contributed by atoms with Crippen LogP contribution in [0.4, 0.5) is 4.39 Å². The molecule has 3 heteroatoms. The van der Waals surface area contributed by atoms with Crippen molar-refractivity contribution in [2.45, 2.75) is 19.4 Å². The van der Waals surface area contributed by atoms with Crippen LogP contribution < -0.4 is 5.32 Å². The first-order chi connectivity index (χ1) is 9.11. The van der Waals surface area contributed by atoms with Gasteiger partial charge in [0.2, 0.25) is 0 Å². The fraction of sp³-hybridized carbons (Fsp3) is 0.250. The van der Waals surface area contributed by atoms with Gasteiger partial charge in [0.05, 0.1) is 0 Å². The first-order valence-electron chi connectivity index (χ1n) is 6.28. The van der Waals surface area contributed by atoms with Crippen molar-refractivity contribution in [2.75, 3.05) is 7.05 Å². The van der Waals surface area contributed by atoms with Crippen LogP contribution in [0.25, 0.3) is 0 Å². The van der Waals surface area contributed by atoms with Gasteiger partial charge in [-0.1, -0.05) is 41.9 Å². The second-order valence-electron chi connectivity index (χ2n) is 4.65. The van der Waals surface area contributed by atoms with Crippen LogP contribution in [-0.2, 0) is 6.42 Å². The van der Waals surface area contributed by atoms with Gasteiger partial charge in [0.25, 0.3) is 0 Å². The molecule has 0 bridgehead atoms. The van der Waals surface area contributed by atoms with Crippen LogP contribution in [-0.4, -0.2) is 7.05 Å². The second-order valence-corrected chi connectivity index (χ2v) is 5.03. The predicted octanol–water partition coefficient (Wildman–Crippen LogP) is 4.29. The van der Waals surface area contributed by atoms with E-state index in [0.717, 1.165) is 21.7 Å². The Morgan fingerprint density at radius 2 is 1.95 bits per heavy atom. The van der Waals surface area contributed by atoms with Gasteiger partial charge in [-0.2, -0.15) is 0 Å². The Labute approximate surface area is 118 Å². The third-order valence-corrected chi connectivity index (χ3v) is 3.79. The second kappa shape index (κ2) is 6.18. The Bertz CT molecular complexity index is 568. The highest BCUT2D eigenvalue weighted by Gasteiger charge is 2.14. The number of nitrogens with one attached hydrogen (secondary N) is 1. The number of rotatable bonds is 4. The fourth-order valence-electron chi connectivity index (χ4n) is 2.21. The minimum Gasteiger partial charge on any atom is -0.313 e. The zero-order valence-corrected chi connectivity index (χ0v) is 11.8. The molecule has 0 fully saturated rings. The highest BCUT2D eigenvalue weighted by molar-refractivity contribution is 6.32. The minimum absolute atomic E-state index is 0.0780. The Morgan fingerprint density at radius 3 is 2.63 bits per heavy atom. The Hall–Kier alpha value is -1.38. The van der Waals surface area contributed by atoms with Crippen molar-refractivity contribution in [3.63, 3.8) is 0 Å². The molecule has 0 aliphatic heterocycles. The number of hydrogen-bond donors (Lipinski definition) is 1. The first kappa shape index (κ1) is 14.0. The van der Waals surface area contributed by atoms with E-state index >= 15 is 0 Å². The monoisotopic (exact) mass is 277 g/mol. The number of likely N-dealkylation sites (N-methyl/N-ethyl adjacent to an activating group) is 1. The molecular formula is C16H17ClFN. The Morgan fingerprint density at radius 1 is 1.21 bits per heavy atom. The van der Waals surface area contributed by atoms with Crippen LogP contribution in [0.3, 0.4) is 0 Å². The van der Waals surface area contributed by atoms with Crippen LogP contribution in [0.1, 0.15) is 22.7 Å². The van der Waals surface area contributed by atoms with Gasteiger partial charge in [-0.3, -0.25) is 0 Å². The lowest BCUT2D eigenvalue weighted by molar-refractivity contribution is 0.584. The van der Waals surface area contributed by atoms with Gasteiger partial charge in [0.1, 0.15) is 5.82 Å². The quantitative estimate of drug-likeness (QED) is 0.879. The van der Waals surface area contributed by atoms with Gasteiger partial charge in [0.15, 0.2) is 0 Å². The summed E-state index contributed by atoms with van der Waals surface area (Å²) in [5, 5.41) is 4.02. The number of benzene rings is 2. The zero-order chi connectivity index (χ0) is 13.8. The van der Waals surface area contributed by atoms with Gasteiger partial charge < -0.3 is 5.32 Å². The molecule has 0 aliphatic rings. The van der Waals surface area contributed by atoms with E-state index in [9.17, 15) is 4.39 Å². The SMILES string of the molecule is CNC(Cc1cccc(F)c1)c1cccc(C)c1Cl. The zero-order valence-electron chi connectivity index (χ0n) is 11.1. The third-order valence-electron chi connectivity index (χ3n) is 3.27. The molecule has 2 rings (SSSR count). The molecule has 100 valence electrons. The molecule has 0 heterocycles. The van der Waals surface area contributed by atoms with Crippen LogP contribution in [0.15, 0.2) is 42.5 Å². The molecule has 0 amide bonds. The van der Waals surface area contributed by atoms with Gasteiger partial charge in [-0.15, -0.1) is 0 Å². The summed E-state index contributed by atoms with van der Waals surface area (Å²) < 4.78 is 13.2. The van der Waals surface area contributed by atoms with Crippen molar-refractivity contribution in [1.29, 1.82) is 0 Å². The highest BCUT2D eigenvalue weighted by Crippen LogP contribution is 2.28. The smallest absolute Gasteiger partial charge is 0.123 e. The molecule has 2 aromatic rings. The third kappa shape index (κ3) is 3.34. The standard InChI is InChI=1S/C16H17ClFN/c1-11-5-3-8-14(16(11)17)15(19-2)10-12-6-4-7-13(18)9-12/h3-9,15,19H,10H2,1-2H3. The van der Waals surface area contributed by atoms with E-state index in [2.05, 4.69) is 5.32 Å². The average molecular weight is 278 g/mol. The molecule has 0 radical (unpaired) electrons. The van der Waals surface area contributed by atoms with Crippen LogP contribution in [0.5, 0.6) is 0 Å². The molecule has 1 nitrogen and oxygen atoms in total. The van der Waals surface area contributed by atoms with Crippen molar-refractivity contribution in [3.05, 3.63) is 70.0 Å². The van der Waals surface area contributed by atoms with Crippen molar-refractivity contribution >= 4 is 11.6 Å². The topological polar surface area (TPSA) is 12.0 Å². The van der Waals surface area contributed by atoms with E-state index in [4.69, 9.17) is 11.6 Å². The minimum atomic E-state index is -0.206. The molecule has 2 aromatic carbocycles. The molecule has 0 spiro atoms. The van der Waals surface area contributed by atoms with Gasteiger partial charge in [0, 0.05) is 11.1 Å². The van der Waals surface area contributed by atoms with E-state index in [1.165, 1.54) is 6.07 Å². The van der Waals surface area contributed by atoms with Crippen molar-refractivity contribution < 1.29 is 4.39 Å². The molecule has 0 saturated carbocycles. The maximum absolute atomic E-state index is 13.2. The summed E-state index contributed by atoms with van der Waals surface area (Å²) >= 11 is 6.35. The maximum atomic E-state index is 13.2. The first-order valence-corrected chi connectivity index (χ1v) is 6.66. The summed E-state index contributed by atoms with van der Waals surface area (Å²) in [4.78, 5) is 0. The van der Waals surface area contributed by atoms with E-state index in [1.54, 1.807) is 12.1 Å². The van der Waals surface area contributed by atoms with E-state index in [-0.39, 0.29) is 11.9 Å². The molecule has 19 heavy (non-hydrogen) atoms. The number of hydrogen-bond acceptors (Lipinski definition) is 1. The number of halogens is 2. The Balaban J connectivity index is 2.28. The summed E-state index contributed by atoms with van der Waals surface area (Å²) in [5.74, 6) is -0.206. The molecule has 1 unspecified atom stereocenters. The molecule has 0 aliphatic carbocycles. The lowest BCUT2D eigenvalue weighted by Gasteiger charge is -2.19. The Kier molecular flexibility index (Phi) is 4.56. The summed E-state index contributed by atoms with van der Waals surface area (Å²) in [5.41, 5.74) is 3.06. The van der Waals surface area contributed by atoms with E-state index < -0.39 is 0 Å². The maximum Gasteiger partial charge on any atom is 0.123 e. The molecular weight excluding hydrogens is 261 g/mol. The van der Waals surface area contributed by atoms with Crippen molar-refractivity contribution in [2.24, 2.45) is 0 Å². The van der Waals surface area contributed by atoms with E-state index in [0.29, 0.717) is 6.42 Å². The summed E-state index contributed by atoms with van der Waals surface area (Å²) in [6.07, 6.45) is 0.706. The number of aryl methyl sites for hydroxylation is 1. The highest BCUT2D eigenvalue weighted by atomic mass is 35.5. The molecule has 1 atom stereocenters. The predicted molar refractivity (Wildman–Crippen MR) is 78.1 cm³/mol. The normalized spacial score (nSPS) is 12.4.